The fourth-order valence-corrected chi connectivity index (χ4v) is 3.68. The first-order chi connectivity index (χ1) is 13.4. The predicted molar refractivity (Wildman–Crippen MR) is 101 cm³/mol. The Morgan fingerprint density at radius 2 is 1.69 bits per heavy atom. The van der Waals surface area contributed by atoms with Crippen LogP contribution in [-0.2, 0) is 25.6 Å². The second kappa shape index (κ2) is 8.83. The fourth-order valence-electron chi connectivity index (χ4n) is 2.22. The topological polar surface area (TPSA) is 98.8 Å². The molecular formula is C18H16ClF3N2O4S. The van der Waals surface area contributed by atoms with E-state index in [9.17, 15) is 26.4 Å². The van der Waals surface area contributed by atoms with Gasteiger partial charge in [0.2, 0.25) is 0 Å². The molecule has 0 aliphatic rings. The Morgan fingerprint density at radius 3 is 2.21 bits per heavy atom. The van der Waals surface area contributed by atoms with Crippen molar-refractivity contribution in [2.24, 2.45) is 10.9 Å². The fraction of sp³-hybridized carbons (Fsp3) is 0.222. The molecule has 0 heterocycles. The van der Waals surface area contributed by atoms with Gasteiger partial charge in [0.15, 0.2) is 15.7 Å². The van der Waals surface area contributed by atoms with E-state index in [1.165, 1.54) is 31.2 Å². The normalized spacial score (nSPS) is 13.8. The average molecular weight is 449 g/mol. The number of carbonyl (C=O) groups excluding carboxylic acids is 1. The van der Waals surface area contributed by atoms with Gasteiger partial charge < -0.3 is 10.6 Å². The minimum absolute atomic E-state index is 0.00466. The van der Waals surface area contributed by atoms with E-state index in [2.05, 4.69) is 9.99 Å². The summed E-state index contributed by atoms with van der Waals surface area (Å²) in [5.41, 5.74) is 4.82. The molecule has 0 amide bonds. The lowest BCUT2D eigenvalue weighted by Crippen LogP contribution is -2.23. The van der Waals surface area contributed by atoms with Crippen LogP contribution in [0, 0.1) is 0 Å². The van der Waals surface area contributed by atoms with Gasteiger partial charge >= 0.3 is 12.1 Å². The van der Waals surface area contributed by atoms with Crippen molar-refractivity contribution in [1.82, 2.24) is 0 Å². The van der Waals surface area contributed by atoms with Gasteiger partial charge in [-0.3, -0.25) is 0 Å². The van der Waals surface area contributed by atoms with Crippen molar-refractivity contribution in [1.29, 1.82) is 0 Å². The van der Waals surface area contributed by atoms with Crippen LogP contribution in [0.15, 0.2) is 58.6 Å². The van der Waals surface area contributed by atoms with E-state index in [0.29, 0.717) is 5.02 Å². The predicted octanol–water partition coefficient (Wildman–Crippen LogP) is 3.77. The number of hydrogen-bond donors (Lipinski definition) is 1. The molecule has 2 rings (SSSR count). The van der Waals surface area contributed by atoms with Crippen LogP contribution in [0.25, 0.3) is 0 Å². The standard InChI is InChI=1S/C18H16ClF3N2O4S/c1-11(29(26,27)15-8-6-14(19)7-9-15)10-16(25)28-24-17(23)12-2-4-13(5-3-12)18(20,21)22/h2-9,11H,10H2,1H3,(H2,23,24). The van der Waals surface area contributed by atoms with Crippen molar-refractivity contribution in [3.63, 3.8) is 0 Å². The summed E-state index contributed by atoms with van der Waals surface area (Å²) in [4.78, 5) is 16.5. The first-order valence-electron chi connectivity index (χ1n) is 8.11. The Balaban J connectivity index is 2.01. The number of hydrogen-bond acceptors (Lipinski definition) is 5. The third kappa shape index (κ3) is 5.94. The van der Waals surface area contributed by atoms with Crippen molar-refractivity contribution in [2.45, 2.75) is 29.7 Å². The Morgan fingerprint density at radius 1 is 1.14 bits per heavy atom. The van der Waals surface area contributed by atoms with Crippen LogP contribution in [0.3, 0.4) is 0 Å². The van der Waals surface area contributed by atoms with Gasteiger partial charge in [-0.2, -0.15) is 13.2 Å². The quantitative estimate of drug-likeness (QED) is 0.314. The Bertz CT molecular complexity index is 1000. The molecule has 2 N–H and O–H groups in total. The molecule has 0 bridgehead atoms. The molecule has 0 radical (unpaired) electrons. The number of sulfone groups is 1. The molecular weight excluding hydrogens is 433 g/mol. The molecule has 1 atom stereocenters. The van der Waals surface area contributed by atoms with E-state index in [4.69, 9.17) is 17.3 Å². The summed E-state index contributed by atoms with van der Waals surface area (Å²) >= 11 is 5.73. The van der Waals surface area contributed by atoms with Crippen molar-refractivity contribution < 1.29 is 31.2 Å². The van der Waals surface area contributed by atoms with Crippen molar-refractivity contribution in [3.05, 3.63) is 64.7 Å². The third-order valence-electron chi connectivity index (χ3n) is 3.88. The number of benzene rings is 2. The summed E-state index contributed by atoms with van der Waals surface area (Å²) in [7, 11) is -3.81. The van der Waals surface area contributed by atoms with Gasteiger partial charge in [-0.1, -0.05) is 28.9 Å². The van der Waals surface area contributed by atoms with Gasteiger partial charge in [-0.25, -0.2) is 13.2 Å². The summed E-state index contributed by atoms with van der Waals surface area (Å²) in [5, 5.41) is 2.61. The van der Waals surface area contributed by atoms with Crippen LogP contribution < -0.4 is 5.73 Å². The molecule has 156 valence electrons. The lowest BCUT2D eigenvalue weighted by atomic mass is 10.1. The number of nitrogens with zero attached hydrogens (tertiary/aromatic N) is 1. The monoisotopic (exact) mass is 448 g/mol. The van der Waals surface area contributed by atoms with Gasteiger partial charge in [-0.15, -0.1) is 0 Å². The largest absolute Gasteiger partial charge is 0.416 e. The van der Waals surface area contributed by atoms with Gasteiger partial charge in [-0.05, 0) is 43.3 Å². The lowest BCUT2D eigenvalue weighted by molar-refractivity contribution is -0.143. The molecule has 29 heavy (non-hydrogen) atoms. The zero-order valence-corrected chi connectivity index (χ0v) is 16.6. The Kier molecular flexibility index (Phi) is 6.91. The van der Waals surface area contributed by atoms with Crippen molar-refractivity contribution >= 4 is 33.2 Å². The van der Waals surface area contributed by atoms with E-state index in [0.717, 1.165) is 24.3 Å². The van der Waals surface area contributed by atoms with E-state index >= 15 is 0 Å². The highest BCUT2D eigenvalue weighted by molar-refractivity contribution is 7.92. The van der Waals surface area contributed by atoms with Crippen LogP contribution in [0.2, 0.25) is 5.02 Å². The minimum atomic E-state index is -4.50. The number of carbonyl (C=O) groups is 1. The van der Waals surface area contributed by atoms with Crippen LogP contribution in [0.4, 0.5) is 13.2 Å². The van der Waals surface area contributed by atoms with Crippen molar-refractivity contribution in [2.75, 3.05) is 0 Å². The molecule has 2 aromatic carbocycles. The summed E-state index contributed by atoms with van der Waals surface area (Å²) in [5.74, 6) is -1.30. The Hall–Kier alpha value is -2.59. The smallest absolute Gasteiger partial charge is 0.380 e. The third-order valence-corrected chi connectivity index (χ3v) is 6.29. The second-order valence-electron chi connectivity index (χ2n) is 6.03. The number of rotatable bonds is 6. The highest BCUT2D eigenvalue weighted by Gasteiger charge is 2.30. The zero-order chi connectivity index (χ0) is 21.8. The first-order valence-corrected chi connectivity index (χ1v) is 10.0. The number of halogens is 4. The number of alkyl halides is 3. The minimum Gasteiger partial charge on any atom is -0.380 e. The maximum atomic E-state index is 12.5. The molecule has 2 aromatic rings. The molecule has 0 fully saturated rings. The molecule has 0 aliphatic heterocycles. The maximum Gasteiger partial charge on any atom is 0.416 e. The van der Waals surface area contributed by atoms with Crippen LogP contribution in [-0.4, -0.2) is 25.5 Å². The van der Waals surface area contributed by atoms with Crippen molar-refractivity contribution in [3.8, 4) is 0 Å². The molecule has 0 aliphatic carbocycles. The SMILES string of the molecule is CC(CC(=O)O/N=C(\N)c1ccc(C(F)(F)F)cc1)S(=O)(=O)c1ccc(Cl)cc1. The molecule has 0 saturated heterocycles. The lowest BCUT2D eigenvalue weighted by Gasteiger charge is -2.11. The Labute approximate surface area is 170 Å². The van der Waals surface area contributed by atoms with E-state index in [1.54, 1.807) is 0 Å². The summed E-state index contributed by atoms with van der Waals surface area (Å²) < 4.78 is 62.5. The van der Waals surface area contributed by atoms with E-state index in [1.807, 2.05) is 0 Å². The molecule has 0 saturated carbocycles. The number of oxime groups is 1. The first kappa shape index (κ1) is 22.7. The van der Waals surface area contributed by atoms with Crippen LogP contribution >= 0.6 is 11.6 Å². The summed E-state index contributed by atoms with van der Waals surface area (Å²) in [6, 6.07) is 9.22. The van der Waals surface area contributed by atoms with E-state index < -0.39 is 39.2 Å². The second-order valence-corrected chi connectivity index (χ2v) is 8.83. The zero-order valence-electron chi connectivity index (χ0n) is 15.0. The summed E-state index contributed by atoms with van der Waals surface area (Å²) in [6.07, 6.45) is -5.00. The van der Waals surface area contributed by atoms with Gasteiger partial charge in [0, 0.05) is 10.6 Å². The van der Waals surface area contributed by atoms with Gasteiger partial charge in [0.25, 0.3) is 0 Å². The molecule has 11 heteroatoms. The highest BCUT2D eigenvalue weighted by Crippen LogP contribution is 2.29. The molecule has 0 aromatic heterocycles. The number of nitrogens with two attached hydrogens (primary N) is 1. The van der Waals surface area contributed by atoms with E-state index in [-0.39, 0.29) is 16.3 Å². The van der Waals surface area contributed by atoms with Gasteiger partial charge in [0.05, 0.1) is 22.1 Å². The maximum absolute atomic E-state index is 12.5. The molecule has 0 spiro atoms. The highest BCUT2D eigenvalue weighted by atomic mass is 35.5. The number of amidine groups is 1. The van der Waals surface area contributed by atoms with Crippen LogP contribution in [0.1, 0.15) is 24.5 Å². The average Bonchev–Trinajstić information content (AvgIpc) is 2.65. The molecule has 1 unspecified atom stereocenters. The van der Waals surface area contributed by atoms with Gasteiger partial charge in [0.1, 0.15) is 0 Å². The summed E-state index contributed by atoms with van der Waals surface area (Å²) in [6.45, 7) is 1.33. The van der Waals surface area contributed by atoms with Crippen LogP contribution in [0.5, 0.6) is 0 Å². The molecule has 6 nitrogen and oxygen atoms in total.